The summed E-state index contributed by atoms with van der Waals surface area (Å²) >= 11 is 0. The molecule has 1 aliphatic heterocycles. The van der Waals surface area contributed by atoms with Crippen molar-refractivity contribution < 1.29 is 31.9 Å². The summed E-state index contributed by atoms with van der Waals surface area (Å²) in [7, 11) is -1.97. The smallest absolute Gasteiger partial charge is 0.341 e. The molecule has 1 fully saturated rings. The summed E-state index contributed by atoms with van der Waals surface area (Å²) < 4.78 is 39.9. The van der Waals surface area contributed by atoms with E-state index in [-0.39, 0.29) is 29.6 Å². The number of sulfonamides is 1. The molecule has 0 spiro atoms. The van der Waals surface area contributed by atoms with Gasteiger partial charge in [0, 0.05) is 13.1 Å². The molecule has 1 aromatic heterocycles. The summed E-state index contributed by atoms with van der Waals surface area (Å²) in [4.78, 5) is 23.6. The molecule has 8 nitrogen and oxygen atoms in total. The van der Waals surface area contributed by atoms with E-state index in [0.29, 0.717) is 25.9 Å². The molecule has 1 aromatic rings. The number of carbonyl (C=O) groups excluding carboxylic acids is 2. The zero-order valence-corrected chi connectivity index (χ0v) is 14.5. The van der Waals surface area contributed by atoms with Gasteiger partial charge in [0.05, 0.1) is 25.0 Å². The first kappa shape index (κ1) is 18.5. The number of methoxy groups -OCH3 is 1. The molecule has 2 rings (SSSR count). The molecule has 0 bridgehead atoms. The van der Waals surface area contributed by atoms with Crippen LogP contribution in [0.4, 0.5) is 0 Å². The molecular weight excluding hydrogens is 338 g/mol. The summed E-state index contributed by atoms with van der Waals surface area (Å²) in [5, 5.41) is 0. The molecule has 0 amide bonds. The fraction of sp³-hybridized carbons (Fsp3) is 0.600. The lowest BCUT2D eigenvalue weighted by molar-refractivity contribution is -0.151. The number of nitrogens with zero attached hydrogens (tertiary/aromatic N) is 1. The van der Waals surface area contributed by atoms with E-state index in [1.165, 1.54) is 23.7 Å². The number of piperidine rings is 1. The Labute approximate surface area is 140 Å². The average molecular weight is 359 g/mol. The maximum atomic E-state index is 12.1. The predicted molar refractivity (Wildman–Crippen MR) is 83.6 cm³/mol. The third-order valence-electron chi connectivity index (χ3n) is 4.04. The van der Waals surface area contributed by atoms with Crippen LogP contribution in [0.2, 0.25) is 0 Å². The normalized spacial score (nSPS) is 16.8. The van der Waals surface area contributed by atoms with Gasteiger partial charge in [0.2, 0.25) is 10.0 Å². The molecule has 1 saturated heterocycles. The molecule has 0 N–H and O–H groups in total. The number of carbonyl (C=O) groups is 2. The molecular formula is C15H21NO7S. The van der Waals surface area contributed by atoms with Gasteiger partial charge in [-0.05, 0) is 25.8 Å². The molecule has 0 radical (unpaired) electrons. The Hall–Kier alpha value is -1.87. The van der Waals surface area contributed by atoms with Gasteiger partial charge in [-0.15, -0.1) is 0 Å². The van der Waals surface area contributed by atoms with Crippen LogP contribution >= 0.6 is 0 Å². The molecule has 0 saturated carbocycles. The van der Waals surface area contributed by atoms with Crippen molar-refractivity contribution in [1.82, 2.24) is 4.31 Å². The third kappa shape index (κ3) is 4.15. The lowest BCUT2D eigenvalue weighted by Crippen LogP contribution is -2.41. The minimum Gasteiger partial charge on any atom is -0.465 e. The van der Waals surface area contributed by atoms with Crippen molar-refractivity contribution in [2.75, 3.05) is 26.0 Å². The minimum absolute atomic E-state index is 0.0525. The van der Waals surface area contributed by atoms with Gasteiger partial charge in [0.1, 0.15) is 12.2 Å². The van der Waals surface area contributed by atoms with Crippen molar-refractivity contribution in [3.8, 4) is 0 Å². The van der Waals surface area contributed by atoms with Crippen LogP contribution in [-0.4, -0.2) is 50.6 Å². The zero-order valence-electron chi connectivity index (χ0n) is 13.7. The average Bonchev–Trinajstić information content (AvgIpc) is 3.07. The highest BCUT2D eigenvalue weighted by molar-refractivity contribution is 7.89. The fourth-order valence-corrected chi connectivity index (χ4v) is 3.68. The largest absolute Gasteiger partial charge is 0.465 e. The fourth-order valence-electron chi connectivity index (χ4n) is 2.55. The van der Waals surface area contributed by atoms with Crippen LogP contribution in [0.1, 0.15) is 35.9 Å². The van der Waals surface area contributed by atoms with Crippen LogP contribution in [0.3, 0.4) is 0 Å². The topological polar surface area (TPSA) is 103 Å². The summed E-state index contributed by atoms with van der Waals surface area (Å²) in [6.45, 7) is 2.05. The van der Waals surface area contributed by atoms with E-state index >= 15 is 0 Å². The van der Waals surface area contributed by atoms with Gasteiger partial charge >= 0.3 is 11.9 Å². The zero-order chi connectivity index (χ0) is 17.7. The van der Waals surface area contributed by atoms with Crippen molar-refractivity contribution in [2.24, 2.45) is 5.92 Å². The van der Waals surface area contributed by atoms with E-state index in [0.717, 1.165) is 0 Å². The van der Waals surface area contributed by atoms with Gasteiger partial charge in [-0.1, -0.05) is 0 Å². The predicted octanol–water partition coefficient (Wildman–Crippen LogP) is 1.17. The number of esters is 2. The Morgan fingerprint density at radius 1 is 1.33 bits per heavy atom. The van der Waals surface area contributed by atoms with Gasteiger partial charge in [-0.2, -0.15) is 0 Å². The Bertz CT molecular complexity index is 686. The Kier molecular flexibility index (Phi) is 6.00. The van der Waals surface area contributed by atoms with Crippen molar-refractivity contribution in [3.63, 3.8) is 0 Å². The van der Waals surface area contributed by atoms with Gasteiger partial charge in [0.25, 0.3) is 0 Å². The number of ether oxygens (including phenoxy) is 2. The minimum atomic E-state index is -3.22. The molecule has 134 valence electrons. The van der Waals surface area contributed by atoms with Gasteiger partial charge in [-0.25, -0.2) is 17.5 Å². The first-order valence-electron chi connectivity index (χ1n) is 7.68. The SMILES string of the molecule is CCS(=O)(=O)N1CCC(C(=O)OCc2occc2C(=O)OC)CC1. The molecule has 0 atom stereocenters. The van der Waals surface area contributed by atoms with E-state index in [1.807, 2.05) is 0 Å². The molecule has 1 aliphatic rings. The van der Waals surface area contributed by atoms with E-state index < -0.39 is 22.0 Å². The molecule has 0 aromatic carbocycles. The summed E-state index contributed by atoms with van der Waals surface area (Å²) in [6, 6.07) is 1.45. The van der Waals surface area contributed by atoms with Crippen LogP contribution in [0, 0.1) is 5.92 Å². The monoisotopic (exact) mass is 359 g/mol. The Morgan fingerprint density at radius 2 is 2.00 bits per heavy atom. The highest BCUT2D eigenvalue weighted by Gasteiger charge is 2.31. The molecule has 24 heavy (non-hydrogen) atoms. The summed E-state index contributed by atoms with van der Waals surface area (Å²) in [5.41, 5.74) is 0.217. The molecule has 9 heteroatoms. The lowest BCUT2D eigenvalue weighted by Gasteiger charge is -2.29. The highest BCUT2D eigenvalue weighted by Crippen LogP contribution is 2.22. The first-order chi connectivity index (χ1) is 11.4. The van der Waals surface area contributed by atoms with Crippen LogP contribution in [0.15, 0.2) is 16.7 Å². The molecule has 0 aliphatic carbocycles. The third-order valence-corrected chi connectivity index (χ3v) is 5.92. The van der Waals surface area contributed by atoms with E-state index in [4.69, 9.17) is 9.15 Å². The number of furan rings is 1. The second-order valence-corrected chi connectivity index (χ2v) is 7.69. The number of rotatable bonds is 6. The quantitative estimate of drug-likeness (QED) is 0.702. The van der Waals surface area contributed by atoms with Gasteiger partial charge in [-0.3, -0.25) is 4.79 Å². The molecule has 2 heterocycles. The first-order valence-corrected chi connectivity index (χ1v) is 9.29. The Morgan fingerprint density at radius 3 is 2.58 bits per heavy atom. The van der Waals surface area contributed by atoms with Gasteiger partial charge < -0.3 is 13.9 Å². The van der Waals surface area contributed by atoms with Crippen molar-refractivity contribution in [2.45, 2.75) is 26.4 Å². The van der Waals surface area contributed by atoms with Crippen LogP contribution in [0.25, 0.3) is 0 Å². The van der Waals surface area contributed by atoms with Gasteiger partial charge in [0.15, 0.2) is 5.76 Å². The highest BCUT2D eigenvalue weighted by atomic mass is 32.2. The van der Waals surface area contributed by atoms with Crippen LogP contribution < -0.4 is 0 Å². The number of hydrogen-bond donors (Lipinski definition) is 0. The Balaban J connectivity index is 1.87. The second kappa shape index (κ2) is 7.80. The second-order valence-electron chi connectivity index (χ2n) is 5.43. The van der Waals surface area contributed by atoms with Crippen molar-refractivity contribution in [1.29, 1.82) is 0 Å². The van der Waals surface area contributed by atoms with E-state index in [9.17, 15) is 18.0 Å². The summed E-state index contributed by atoms with van der Waals surface area (Å²) in [5.74, 6) is -1.06. The maximum Gasteiger partial charge on any atom is 0.341 e. The van der Waals surface area contributed by atoms with Crippen molar-refractivity contribution >= 4 is 22.0 Å². The summed E-state index contributed by atoms with van der Waals surface area (Å²) in [6.07, 6.45) is 2.16. The molecule has 0 unspecified atom stereocenters. The number of hydrogen-bond acceptors (Lipinski definition) is 7. The van der Waals surface area contributed by atoms with E-state index in [2.05, 4.69) is 4.74 Å². The lowest BCUT2D eigenvalue weighted by atomic mass is 9.98. The van der Waals surface area contributed by atoms with Crippen molar-refractivity contribution in [3.05, 3.63) is 23.7 Å². The standard InChI is InChI=1S/C15H21NO7S/c1-3-24(19,20)16-7-4-11(5-8-16)14(17)23-10-13-12(6-9-22-13)15(18)21-2/h6,9,11H,3-5,7-8,10H2,1-2H3. The van der Waals surface area contributed by atoms with E-state index in [1.54, 1.807) is 6.92 Å². The van der Waals surface area contributed by atoms with Crippen LogP contribution in [0.5, 0.6) is 0 Å². The van der Waals surface area contributed by atoms with Crippen LogP contribution in [-0.2, 0) is 30.9 Å². The maximum absolute atomic E-state index is 12.1.